The zero-order valence-electron chi connectivity index (χ0n) is 14.8. The van der Waals surface area contributed by atoms with Gasteiger partial charge in [0.1, 0.15) is 0 Å². The third-order valence-electron chi connectivity index (χ3n) is 4.11. The molecule has 0 saturated carbocycles. The Hall–Kier alpha value is -3.21. The summed E-state index contributed by atoms with van der Waals surface area (Å²) in [6.45, 7) is 0.624. The predicted molar refractivity (Wildman–Crippen MR) is 104 cm³/mol. The van der Waals surface area contributed by atoms with E-state index in [0.29, 0.717) is 18.1 Å². The number of rotatable bonds is 7. The normalized spacial score (nSPS) is 10.3. The van der Waals surface area contributed by atoms with Gasteiger partial charge in [-0.25, -0.2) is 9.97 Å². The fraction of sp³-hybridized carbons (Fsp3) is 0.190. The summed E-state index contributed by atoms with van der Waals surface area (Å²) in [4.78, 5) is 22.7. The fourth-order valence-corrected chi connectivity index (χ4v) is 2.62. The third-order valence-corrected chi connectivity index (χ3v) is 4.11. The van der Waals surface area contributed by atoms with Crippen molar-refractivity contribution in [2.45, 2.75) is 12.8 Å². The highest BCUT2D eigenvalue weighted by Gasteiger charge is 2.10. The molecule has 0 aliphatic carbocycles. The highest BCUT2D eigenvalue weighted by molar-refractivity contribution is 5.93. The lowest BCUT2D eigenvalue weighted by Gasteiger charge is -2.16. The van der Waals surface area contributed by atoms with Gasteiger partial charge >= 0.3 is 0 Å². The molecule has 3 rings (SSSR count). The van der Waals surface area contributed by atoms with Crippen molar-refractivity contribution < 1.29 is 4.79 Å². The molecule has 1 N–H and O–H groups in total. The smallest absolute Gasteiger partial charge is 0.254 e. The maximum Gasteiger partial charge on any atom is 0.254 e. The van der Waals surface area contributed by atoms with Crippen molar-refractivity contribution in [3.8, 4) is 0 Å². The standard InChI is InChI=1S/C21H22N4O/c1-25(19-12-6-3-7-13-19)21-23-15-18(16-24-21)20(26)22-14-8-11-17-9-4-2-5-10-17/h2-7,9-10,12-13,15-16H,8,11,14H2,1H3,(H,22,26). The maximum atomic E-state index is 12.2. The van der Waals surface area contributed by atoms with E-state index in [1.54, 1.807) is 12.4 Å². The Balaban J connectivity index is 1.50. The number of nitrogens with one attached hydrogen (secondary N) is 1. The Bertz CT molecular complexity index is 820. The number of anilines is 2. The van der Waals surface area contributed by atoms with E-state index in [9.17, 15) is 4.79 Å². The number of nitrogens with zero attached hydrogens (tertiary/aromatic N) is 3. The number of benzene rings is 2. The minimum atomic E-state index is -0.146. The van der Waals surface area contributed by atoms with Gasteiger partial charge in [0, 0.05) is 31.7 Å². The van der Waals surface area contributed by atoms with E-state index in [2.05, 4.69) is 27.4 Å². The van der Waals surface area contributed by atoms with Crippen molar-refractivity contribution in [3.63, 3.8) is 0 Å². The summed E-state index contributed by atoms with van der Waals surface area (Å²) in [5.41, 5.74) is 2.74. The second-order valence-electron chi connectivity index (χ2n) is 6.01. The molecule has 0 fully saturated rings. The van der Waals surface area contributed by atoms with Crippen LogP contribution in [0.1, 0.15) is 22.3 Å². The van der Waals surface area contributed by atoms with Crippen LogP contribution in [0.3, 0.4) is 0 Å². The molecular formula is C21H22N4O. The quantitative estimate of drug-likeness (QED) is 0.664. The summed E-state index contributed by atoms with van der Waals surface area (Å²) in [6.07, 6.45) is 4.96. The number of hydrogen-bond donors (Lipinski definition) is 1. The van der Waals surface area contributed by atoms with Gasteiger partial charge in [0.05, 0.1) is 5.56 Å². The Kier molecular flexibility index (Phi) is 5.93. The molecule has 26 heavy (non-hydrogen) atoms. The average molecular weight is 346 g/mol. The molecule has 0 unspecified atom stereocenters. The predicted octanol–water partition coefficient (Wildman–Crippen LogP) is 3.61. The van der Waals surface area contributed by atoms with Gasteiger partial charge in [0.15, 0.2) is 0 Å². The number of amides is 1. The number of aromatic nitrogens is 2. The van der Waals surface area contributed by atoms with E-state index in [0.717, 1.165) is 18.5 Å². The largest absolute Gasteiger partial charge is 0.352 e. The van der Waals surface area contributed by atoms with Gasteiger partial charge < -0.3 is 10.2 Å². The molecule has 3 aromatic rings. The first-order valence-corrected chi connectivity index (χ1v) is 8.67. The van der Waals surface area contributed by atoms with E-state index in [4.69, 9.17) is 0 Å². The molecule has 1 heterocycles. The first kappa shape index (κ1) is 17.6. The zero-order valence-corrected chi connectivity index (χ0v) is 14.8. The van der Waals surface area contributed by atoms with Crippen molar-refractivity contribution in [2.24, 2.45) is 0 Å². The Labute approximate surface area is 153 Å². The second-order valence-corrected chi connectivity index (χ2v) is 6.01. The summed E-state index contributed by atoms with van der Waals surface area (Å²) in [6, 6.07) is 20.1. The van der Waals surface area contributed by atoms with Gasteiger partial charge in [-0.1, -0.05) is 48.5 Å². The van der Waals surface area contributed by atoms with Gasteiger partial charge in [0.2, 0.25) is 5.95 Å². The molecule has 0 aliphatic heterocycles. The molecule has 1 aromatic heterocycles. The lowest BCUT2D eigenvalue weighted by Crippen LogP contribution is -2.25. The number of para-hydroxylation sites is 1. The van der Waals surface area contributed by atoms with Crippen LogP contribution in [-0.4, -0.2) is 29.5 Å². The van der Waals surface area contributed by atoms with E-state index in [-0.39, 0.29) is 5.91 Å². The van der Waals surface area contributed by atoms with Crippen molar-refractivity contribution in [3.05, 3.63) is 84.2 Å². The molecule has 0 saturated heterocycles. The molecule has 0 aliphatic rings. The number of hydrogen-bond acceptors (Lipinski definition) is 4. The van der Waals surface area contributed by atoms with E-state index < -0.39 is 0 Å². The molecule has 0 atom stereocenters. The van der Waals surface area contributed by atoms with Crippen molar-refractivity contribution in [2.75, 3.05) is 18.5 Å². The van der Waals surface area contributed by atoms with Crippen LogP contribution in [-0.2, 0) is 6.42 Å². The zero-order chi connectivity index (χ0) is 18.2. The summed E-state index contributed by atoms with van der Waals surface area (Å²) in [7, 11) is 1.90. The van der Waals surface area contributed by atoms with Crippen molar-refractivity contribution >= 4 is 17.5 Å². The summed E-state index contributed by atoms with van der Waals surface area (Å²) in [5, 5.41) is 2.92. The van der Waals surface area contributed by atoms with Crippen LogP contribution in [0.5, 0.6) is 0 Å². The van der Waals surface area contributed by atoms with Crippen LogP contribution in [0.15, 0.2) is 73.1 Å². The van der Waals surface area contributed by atoms with Crippen LogP contribution >= 0.6 is 0 Å². The second kappa shape index (κ2) is 8.76. The van der Waals surface area contributed by atoms with Crippen LogP contribution in [0.4, 0.5) is 11.6 Å². The van der Waals surface area contributed by atoms with E-state index in [1.807, 2.05) is 60.5 Å². The minimum Gasteiger partial charge on any atom is -0.352 e. The number of carbonyl (C=O) groups is 1. The van der Waals surface area contributed by atoms with Crippen LogP contribution < -0.4 is 10.2 Å². The van der Waals surface area contributed by atoms with E-state index >= 15 is 0 Å². The molecular weight excluding hydrogens is 324 g/mol. The summed E-state index contributed by atoms with van der Waals surface area (Å²) in [5.74, 6) is 0.406. The molecule has 0 radical (unpaired) electrons. The molecule has 2 aromatic carbocycles. The lowest BCUT2D eigenvalue weighted by atomic mass is 10.1. The van der Waals surface area contributed by atoms with Gasteiger partial charge in [-0.15, -0.1) is 0 Å². The van der Waals surface area contributed by atoms with Gasteiger partial charge in [-0.2, -0.15) is 0 Å². The van der Waals surface area contributed by atoms with Crippen LogP contribution in [0.2, 0.25) is 0 Å². The topological polar surface area (TPSA) is 58.1 Å². The molecule has 0 bridgehead atoms. The molecule has 1 amide bonds. The first-order chi connectivity index (χ1) is 12.7. The summed E-state index contributed by atoms with van der Waals surface area (Å²) < 4.78 is 0. The third kappa shape index (κ3) is 4.66. The molecule has 5 heteroatoms. The van der Waals surface area contributed by atoms with Crippen molar-refractivity contribution in [1.29, 1.82) is 0 Å². The Morgan fingerprint density at radius 3 is 2.23 bits per heavy atom. The molecule has 5 nitrogen and oxygen atoms in total. The van der Waals surface area contributed by atoms with Gasteiger partial charge in [-0.05, 0) is 30.5 Å². The Morgan fingerprint density at radius 1 is 0.962 bits per heavy atom. The maximum absolute atomic E-state index is 12.2. The number of aryl methyl sites for hydroxylation is 1. The average Bonchev–Trinajstić information content (AvgIpc) is 2.72. The SMILES string of the molecule is CN(c1ccccc1)c1ncc(C(=O)NCCCc2ccccc2)cn1. The van der Waals surface area contributed by atoms with Gasteiger partial charge in [0.25, 0.3) is 5.91 Å². The first-order valence-electron chi connectivity index (χ1n) is 8.67. The minimum absolute atomic E-state index is 0.146. The fourth-order valence-electron chi connectivity index (χ4n) is 2.62. The monoisotopic (exact) mass is 346 g/mol. The van der Waals surface area contributed by atoms with Gasteiger partial charge in [-0.3, -0.25) is 4.79 Å². The van der Waals surface area contributed by atoms with Crippen LogP contribution in [0.25, 0.3) is 0 Å². The lowest BCUT2D eigenvalue weighted by molar-refractivity contribution is 0.0952. The summed E-state index contributed by atoms with van der Waals surface area (Å²) >= 11 is 0. The van der Waals surface area contributed by atoms with E-state index in [1.165, 1.54) is 5.56 Å². The highest BCUT2D eigenvalue weighted by Crippen LogP contribution is 2.18. The van der Waals surface area contributed by atoms with Crippen molar-refractivity contribution in [1.82, 2.24) is 15.3 Å². The van der Waals surface area contributed by atoms with Crippen LogP contribution in [0, 0.1) is 0 Å². The molecule has 0 spiro atoms. The number of carbonyl (C=O) groups excluding carboxylic acids is 1. The highest BCUT2D eigenvalue weighted by atomic mass is 16.1. The molecule has 132 valence electrons. The Morgan fingerprint density at radius 2 is 1.58 bits per heavy atom.